The number of carbonyl (C=O) groups is 1. The van der Waals surface area contributed by atoms with Gasteiger partial charge in [0.2, 0.25) is 5.91 Å². The molecule has 120 valence electrons. The number of halogens is 1. The van der Waals surface area contributed by atoms with E-state index in [1.807, 2.05) is 30.5 Å². The maximum absolute atomic E-state index is 12.9. The predicted molar refractivity (Wildman–Crippen MR) is 94.3 cm³/mol. The first-order valence-corrected chi connectivity index (χ1v) is 8.41. The monoisotopic (exact) mass is 339 g/mol. The van der Waals surface area contributed by atoms with Gasteiger partial charge in [-0.05, 0) is 48.9 Å². The fraction of sp³-hybridized carbons (Fsp3) is 0.111. The molecule has 0 aliphatic carbocycles. The van der Waals surface area contributed by atoms with Crippen LogP contribution in [0.15, 0.2) is 47.8 Å². The number of anilines is 3. The topological polar surface area (TPSA) is 54.0 Å². The second kappa shape index (κ2) is 5.72. The standard InChI is InChI=1S/C18H14FN3OS/c1-10-14-8-11(2-7-15(14)21-17(10)23)16-9-24-18(22-16)20-13-5-3-12(19)4-6-13/h2-10H,1H3,(H,20,22)(H,21,23)/t10-/m1/s1. The average Bonchev–Trinajstić information content (AvgIpc) is 3.15. The molecule has 0 unspecified atom stereocenters. The summed E-state index contributed by atoms with van der Waals surface area (Å²) < 4.78 is 12.9. The Balaban J connectivity index is 1.59. The zero-order chi connectivity index (χ0) is 16.7. The highest BCUT2D eigenvalue weighted by atomic mass is 32.1. The van der Waals surface area contributed by atoms with E-state index in [1.54, 1.807) is 12.1 Å². The van der Waals surface area contributed by atoms with E-state index in [0.29, 0.717) is 0 Å². The van der Waals surface area contributed by atoms with E-state index >= 15 is 0 Å². The molecule has 2 aromatic carbocycles. The smallest absolute Gasteiger partial charge is 0.231 e. The van der Waals surface area contributed by atoms with Gasteiger partial charge in [0.1, 0.15) is 5.82 Å². The van der Waals surface area contributed by atoms with Crippen molar-refractivity contribution in [2.75, 3.05) is 10.6 Å². The molecule has 4 rings (SSSR count). The Morgan fingerprint density at radius 3 is 2.79 bits per heavy atom. The number of fused-ring (bicyclic) bond motifs is 1. The van der Waals surface area contributed by atoms with Crippen LogP contribution >= 0.6 is 11.3 Å². The zero-order valence-electron chi connectivity index (χ0n) is 12.8. The molecule has 3 aromatic rings. The normalized spacial score (nSPS) is 15.9. The summed E-state index contributed by atoms with van der Waals surface area (Å²) in [6.45, 7) is 1.90. The van der Waals surface area contributed by atoms with Gasteiger partial charge in [-0.15, -0.1) is 11.3 Å². The van der Waals surface area contributed by atoms with Crippen molar-refractivity contribution in [1.82, 2.24) is 4.98 Å². The minimum Gasteiger partial charge on any atom is -0.332 e. The van der Waals surface area contributed by atoms with Crippen LogP contribution in [0.2, 0.25) is 0 Å². The molecule has 0 saturated carbocycles. The third-order valence-corrected chi connectivity index (χ3v) is 4.82. The third kappa shape index (κ3) is 2.65. The summed E-state index contributed by atoms with van der Waals surface area (Å²) in [7, 11) is 0. The summed E-state index contributed by atoms with van der Waals surface area (Å²) in [5.74, 6) is -0.384. The number of nitrogens with one attached hydrogen (secondary N) is 2. The van der Waals surface area contributed by atoms with E-state index in [4.69, 9.17) is 0 Å². The SMILES string of the molecule is C[C@H]1C(=O)Nc2ccc(-c3csc(Nc4ccc(F)cc4)n3)cc21. The number of nitrogens with zero attached hydrogens (tertiary/aromatic N) is 1. The summed E-state index contributed by atoms with van der Waals surface area (Å²) in [5, 5.41) is 8.73. The summed E-state index contributed by atoms with van der Waals surface area (Å²) in [6, 6.07) is 12.0. The summed E-state index contributed by atoms with van der Waals surface area (Å²) in [6.07, 6.45) is 0. The Morgan fingerprint density at radius 1 is 1.21 bits per heavy atom. The van der Waals surface area contributed by atoms with E-state index < -0.39 is 0 Å². The second-order valence-corrected chi connectivity index (χ2v) is 6.54. The van der Waals surface area contributed by atoms with Crippen molar-refractivity contribution in [3.8, 4) is 11.3 Å². The first-order valence-electron chi connectivity index (χ1n) is 7.53. The van der Waals surface area contributed by atoms with Crippen molar-refractivity contribution in [3.05, 3.63) is 59.2 Å². The Labute approximate surface area is 142 Å². The van der Waals surface area contributed by atoms with Gasteiger partial charge in [-0.3, -0.25) is 4.79 Å². The number of hydrogen-bond acceptors (Lipinski definition) is 4. The van der Waals surface area contributed by atoms with Gasteiger partial charge in [0.25, 0.3) is 0 Å². The lowest BCUT2D eigenvalue weighted by molar-refractivity contribution is -0.116. The first kappa shape index (κ1) is 14.8. The molecule has 1 aromatic heterocycles. The van der Waals surface area contributed by atoms with Crippen LogP contribution in [0.5, 0.6) is 0 Å². The highest BCUT2D eigenvalue weighted by Gasteiger charge is 2.26. The molecule has 0 spiro atoms. The molecular weight excluding hydrogens is 325 g/mol. The Kier molecular flexibility index (Phi) is 3.54. The van der Waals surface area contributed by atoms with Gasteiger partial charge < -0.3 is 10.6 Å². The van der Waals surface area contributed by atoms with Crippen LogP contribution in [0.4, 0.5) is 20.9 Å². The number of amides is 1. The van der Waals surface area contributed by atoms with Crippen LogP contribution in [-0.4, -0.2) is 10.9 Å². The van der Waals surface area contributed by atoms with Crippen LogP contribution in [0.3, 0.4) is 0 Å². The van der Waals surface area contributed by atoms with Crippen LogP contribution in [0.25, 0.3) is 11.3 Å². The molecule has 24 heavy (non-hydrogen) atoms. The van der Waals surface area contributed by atoms with Gasteiger partial charge in [0.05, 0.1) is 11.6 Å². The van der Waals surface area contributed by atoms with E-state index in [2.05, 4.69) is 15.6 Å². The van der Waals surface area contributed by atoms with Crippen LogP contribution in [-0.2, 0) is 4.79 Å². The molecule has 6 heteroatoms. The Bertz CT molecular complexity index is 920. The maximum atomic E-state index is 12.9. The molecule has 1 aliphatic rings. The second-order valence-electron chi connectivity index (χ2n) is 5.68. The molecule has 0 radical (unpaired) electrons. The van der Waals surface area contributed by atoms with Crippen molar-refractivity contribution in [2.45, 2.75) is 12.8 Å². The average molecular weight is 339 g/mol. The van der Waals surface area contributed by atoms with Gasteiger partial charge in [-0.25, -0.2) is 9.37 Å². The van der Waals surface area contributed by atoms with E-state index in [0.717, 1.165) is 33.3 Å². The van der Waals surface area contributed by atoms with Crippen molar-refractivity contribution in [1.29, 1.82) is 0 Å². The summed E-state index contributed by atoms with van der Waals surface area (Å²) in [5.41, 5.74) is 4.48. The molecule has 1 atom stereocenters. The minimum absolute atomic E-state index is 0.0269. The van der Waals surface area contributed by atoms with Crippen LogP contribution in [0.1, 0.15) is 18.4 Å². The highest BCUT2D eigenvalue weighted by molar-refractivity contribution is 7.14. The number of aromatic nitrogens is 1. The lowest BCUT2D eigenvalue weighted by Gasteiger charge is -2.04. The fourth-order valence-electron chi connectivity index (χ4n) is 2.70. The van der Waals surface area contributed by atoms with Gasteiger partial charge >= 0.3 is 0 Å². The van der Waals surface area contributed by atoms with E-state index in [-0.39, 0.29) is 17.6 Å². The summed E-state index contributed by atoms with van der Waals surface area (Å²) in [4.78, 5) is 16.3. The molecule has 0 bridgehead atoms. The lowest BCUT2D eigenvalue weighted by atomic mass is 10.00. The van der Waals surface area contributed by atoms with E-state index in [1.165, 1.54) is 23.5 Å². The van der Waals surface area contributed by atoms with E-state index in [9.17, 15) is 9.18 Å². The Morgan fingerprint density at radius 2 is 2.00 bits per heavy atom. The fourth-order valence-corrected chi connectivity index (χ4v) is 3.44. The van der Waals surface area contributed by atoms with Crippen LogP contribution in [0, 0.1) is 5.82 Å². The quantitative estimate of drug-likeness (QED) is 0.724. The lowest BCUT2D eigenvalue weighted by Crippen LogP contribution is -2.08. The van der Waals surface area contributed by atoms with Gasteiger partial charge in [-0.1, -0.05) is 6.07 Å². The maximum Gasteiger partial charge on any atom is 0.231 e. The molecule has 4 nitrogen and oxygen atoms in total. The van der Waals surface area contributed by atoms with Crippen molar-refractivity contribution < 1.29 is 9.18 Å². The molecule has 0 saturated heterocycles. The van der Waals surface area contributed by atoms with Crippen molar-refractivity contribution in [3.63, 3.8) is 0 Å². The van der Waals surface area contributed by atoms with Crippen molar-refractivity contribution >= 4 is 33.8 Å². The number of carbonyl (C=O) groups excluding carboxylic acids is 1. The molecule has 1 amide bonds. The Hall–Kier alpha value is -2.73. The minimum atomic E-state index is -0.268. The highest BCUT2D eigenvalue weighted by Crippen LogP contribution is 2.36. The zero-order valence-corrected chi connectivity index (χ0v) is 13.7. The van der Waals surface area contributed by atoms with Crippen LogP contribution < -0.4 is 10.6 Å². The number of thiazole rings is 1. The number of rotatable bonds is 3. The van der Waals surface area contributed by atoms with Gasteiger partial charge in [0.15, 0.2) is 5.13 Å². The first-order chi connectivity index (χ1) is 11.6. The molecular formula is C18H14FN3OS. The molecule has 2 N–H and O–H groups in total. The largest absolute Gasteiger partial charge is 0.332 e. The van der Waals surface area contributed by atoms with Crippen molar-refractivity contribution in [2.24, 2.45) is 0 Å². The molecule has 0 fully saturated rings. The van der Waals surface area contributed by atoms with Gasteiger partial charge in [0, 0.05) is 22.3 Å². The molecule has 2 heterocycles. The number of benzene rings is 2. The molecule has 1 aliphatic heterocycles. The summed E-state index contributed by atoms with van der Waals surface area (Å²) >= 11 is 1.48. The third-order valence-electron chi connectivity index (χ3n) is 4.06. The van der Waals surface area contributed by atoms with Gasteiger partial charge in [-0.2, -0.15) is 0 Å². The predicted octanol–water partition coefficient (Wildman–Crippen LogP) is 4.75. The number of hydrogen-bond donors (Lipinski definition) is 2.